The van der Waals surface area contributed by atoms with Crippen molar-refractivity contribution in [2.24, 2.45) is 5.73 Å². The summed E-state index contributed by atoms with van der Waals surface area (Å²) in [6.45, 7) is 2.25. The van der Waals surface area contributed by atoms with E-state index in [0.29, 0.717) is 6.54 Å². The van der Waals surface area contributed by atoms with E-state index in [1.54, 1.807) is 13.1 Å². The lowest BCUT2D eigenvalue weighted by Gasteiger charge is -2.09. The number of carbonyl (C=O) groups is 1. The lowest BCUT2D eigenvalue weighted by molar-refractivity contribution is -0.121. The van der Waals surface area contributed by atoms with E-state index in [9.17, 15) is 4.79 Å². The topological polar surface area (TPSA) is 68.0 Å². The minimum atomic E-state index is -0.462. The molecule has 0 aliphatic rings. The summed E-state index contributed by atoms with van der Waals surface area (Å²) in [6, 6.07) is 9.57. The van der Waals surface area contributed by atoms with Crippen LogP contribution in [0.5, 0.6) is 0 Å². The number of rotatable bonds is 4. The molecule has 0 aliphatic carbocycles. The SMILES string of the molecule is CC(N)C(=O)NCCc1cccc2cccnc12.Cl.Cl. The van der Waals surface area contributed by atoms with Gasteiger partial charge in [0.1, 0.15) is 0 Å². The molecule has 1 unspecified atom stereocenters. The number of amides is 1. The van der Waals surface area contributed by atoms with E-state index in [1.807, 2.05) is 30.3 Å². The van der Waals surface area contributed by atoms with E-state index in [2.05, 4.69) is 10.3 Å². The number of nitrogens with zero attached hydrogens (tertiary/aromatic N) is 1. The number of para-hydroxylation sites is 1. The zero-order valence-corrected chi connectivity index (χ0v) is 12.8. The summed E-state index contributed by atoms with van der Waals surface area (Å²) >= 11 is 0. The summed E-state index contributed by atoms with van der Waals surface area (Å²) in [5.74, 6) is -0.122. The third-order valence-corrected chi connectivity index (χ3v) is 2.82. The summed E-state index contributed by atoms with van der Waals surface area (Å²) in [5, 5.41) is 3.92. The molecule has 6 heteroatoms. The average Bonchev–Trinajstić information content (AvgIpc) is 2.38. The normalized spacial score (nSPS) is 11.1. The van der Waals surface area contributed by atoms with Crippen molar-refractivity contribution in [1.29, 1.82) is 0 Å². The number of nitrogens with two attached hydrogens (primary N) is 1. The number of carbonyl (C=O) groups excluding carboxylic acids is 1. The molecule has 0 bridgehead atoms. The number of hydrogen-bond donors (Lipinski definition) is 2. The Balaban J connectivity index is 0.00000180. The molecule has 4 nitrogen and oxygen atoms in total. The molecule has 3 N–H and O–H groups in total. The number of nitrogens with one attached hydrogen (secondary N) is 1. The maximum absolute atomic E-state index is 11.3. The molecule has 0 spiro atoms. The molecule has 1 atom stereocenters. The third-order valence-electron chi connectivity index (χ3n) is 2.82. The van der Waals surface area contributed by atoms with Crippen LogP contribution in [0.1, 0.15) is 12.5 Å². The molecule has 1 heterocycles. The van der Waals surface area contributed by atoms with Crippen LogP contribution in [-0.4, -0.2) is 23.5 Å². The van der Waals surface area contributed by atoms with Crippen LogP contribution >= 0.6 is 24.8 Å². The second-order valence-electron chi connectivity index (χ2n) is 4.32. The highest BCUT2D eigenvalue weighted by Gasteiger charge is 2.06. The van der Waals surface area contributed by atoms with Crippen LogP contribution in [0.3, 0.4) is 0 Å². The predicted octanol–water partition coefficient (Wildman–Crippen LogP) is 2.08. The van der Waals surface area contributed by atoms with Gasteiger partial charge in [-0.05, 0) is 25.0 Å². The first kappa shape index (κ1) is 18.6. The molecule has 2 aromatic rings. The fourth-order valence-electron chi connectivity index (χ4n) is 1.85. The highest BCUT2D eigenvalue weighted by molar-refractivity contribution is 5.85. The Labute approximate surface area is 131 Å². The fraction of sp³-hybridized carbons (Fsp3) is 0.286. The lowest BCUT2D eigenvalue weighted by atomic mass is 10.1. The quantitative estimate of drug-likeness (QED) is 0.907. The summed E-state index contributed by atoms with van der Waals surface area (Å²) in [4.78, 5) is 15.7. The standard InChI is InChI=1S/C14H17N3O.2ClH/c1-10(15)14(18)17-9-7-12-5-2-4-11-6-3-8-16-13(11)12;;/h2-6,8,10H,7,9,15H2,1H3,(H,17,18);2*1H. The first-order valence-electron chi connectivity index (χ1n) is 6.04. The van der Waals surface area contributed by atoms with E-state index in [0.717, 1.165) is 22.9 Å². The van der Waals surface area contributed by atoms with Gasteiger partial charge in [0.05, 0.1) is 11.6 Å². The van der Waals surface area contributed by atoms with Gasteiger partial charge in [0.25, 0.3) is 0 Å². The van der Waals surface area contributed by atoms with Crippen LogP contribution in [0, 0.1) is 0 Å². The Morgan fingerprint density at radius 3 is 2.70 bits per heavy atom. The Hall–Kier alpha value is -1.36. The summed E-state index contributed by atoms with van der Waals surface area (Å²) < 4.78 is 0. The first-order valence-corrected chi connectivity index (χ1v) is 6.04. The molecule has 1 amide bonds. The van der Waals surface area contributed by atoms with Crippen molar-refractivity contribution in [3.8, 4) is 0 Å². The lowest BCUT2D eigenvalue weighted by Crippen LogP contribution is -2.39. The van der Waals surface area contributed by atoms with Crippen molar-refractivity contribution < 1.29 is 4.79 Å². The monoisotopic (exact) mass is 315 g/mol. The first-order chi connectivity index (χ1) is 8.68. The molecule has 20 heavy (non-hydrogen) atoms. The second kappa shape index (κ2) is 8.74. The molecule has 0 saturated carbocycles. The zero-order valence-electron chi connectivity index (χ0n) is 11.2. The largest absolute Gasteiger partial charge is 0.354 e. The molecule has 2 rings (SSSR count). The summed E-state index contributed by atoms with van der Waals surface area (Å²) in [7, 11) is 0. The number of hydrogen-bond acceptors (Lipinski definition) is 3. The maximum atomic E-state index is 11.3. The number of pyridine rings is 1. The number of aromatic nitrogens is 1. The van der Waals surface area contributed by atoms with E-state index >= 15 is 0 Å². The Bertz CT molecular complexity index is 556. The Kier molecular flexibility index (Phi) is 8.15. The van der Waals surface area contributed by atoms with Gasteiger partial charge in [-0.15, -0.1) is 24.8 Å². The molecule has 0 radical (unpaired) electrons. The number of halogens is 2. The maximum Gasteiger partial charge on any atom is 0.236 e. The zero-order chi connectivity index (χ0) is 13.0. The van der Waals surface area contributed by atoms with Crippen molar-refractivity contribution >= 4 is 41.6 Å². The van der Waals surface area contributed by atoms with Gasteiger partial charge < -0.3 is 11.1 Å². The summed E-state index contributed by atoms with van der Waals surface area (Å²) in [5.41, 5.74) is 7.61. The summed E-state index contributed by atoms with van der Waals surface area (Å²) in [6.07, 6.45) is 2.54. The van der Waals surface area contributed by atoms with Gasteiger partial charge in [-0.3, -0.25) is 9.78 Å². The minimum absolute atomic E-state index is 0. The van der Waals surface area contributed by atoms with Crippen LogP contribution in [0.15, 0.2) is 36.5 Å². The molecule has 0 saturated heterocycles. The van der Waals surface area contributed by atoms with Crippen LogP contribution in [0.2, 0.25) is 0 Å². The molecule has 1 aromatic heterocycles. The van der Waals surface area contributed by atoms with Crippen LogP contribution in [-0.2, 0) is 11.2 Å². The van der Waals surface area contributed by atoms with E-state index in [-0.39, 0.29) is 30.7 Å². The highest BCUT2D eigenvalue weighted by atomic mass is 35.5. The molecule has 1 aromatic carbocycles. The Morgan fingerprint density at radius 1 is 1.30 bits per heavy atom. The van der Waals surface area contributed by atoms with Crippen LogP contribution in [0.4, 0.5) is 0 Å². The van der Waals surface area contributed by atoms with Crippen LogP contribution in [0.25, 0.3) is 10.9 Å². The molecule has 0 fully saturated rings. The van der Waals surface area contributed by atoms with Gasteiger partial charge >= 0.3 is 0 Å². The van der Waals surface area contributed by atoms with Crippen molar-refractivity contribution in [2.45, 2.75) is 19.4 Å². The Morgan fingerprint density at radius 2 is 2.00 bits per heavy atom. The van der Waals surface area contributed by atoms with Crippen molar-refractivity contribution in [2.75, 3.05) is 6.54 Å². The highest BCUT2D eigenvalue weighted by Crippen LogP contribution is 2.15. The second-order valence-corrected chi connectivity index (χ2v) is 4.32. The van der Waals surface area contributed by atoms with Crippen molar-refractivity contribution in [1.82, 2.24) is 10.3 Å². The third kappa shape index (κ3) is 4.63. The van der Waals surface area contributed by atoms with Gasteiger partial charge in [-0.25, -0.2) is 0 Å². The van der Waals surface area contributed by atoms with Gasteiger partial charge in [0.15, 0.2) is 0 Å². The molecule has 110 valence electrons. The minimum Gasteiger partial charge on any atom is -0.354 e. The number of benzene rings is 1. The van der Waals surface area contributed by atoms with E-state index in [4.69, 9.17) is 5.73 Å². The van der Waals surface area contributed by atoms with Crippen LogP contribution < -0.4 is 11.1 Å². The van der Waals surface area contributed by atoms with E-state index < -0.39 is 6.04 Å². The number of fused-ring (bicyclic) bond motifs is 1. The molecule has 0 aliphatic heterocycles. The van der Waals surface area contributed by atoms with Gasteiger partial charge in [-0.1, -0.05) is 24.3 Å². The van der Waals surface area contributed by atoms with Gasteiger partial charge in [0.2, 0.25) is 5.91 Å². The van der Waals surface area contributed by atoms with E-state index in [1.165, 1.54) is 0 Å². The van der Waals surface area contributed by atoms with Gasteiger partial charge in [0, 0.05) is 18.1 Å². The van der Waals surface area contributed by atoms with Crippen molar-refractivity contribution in [3.05, 3.63) is 42.1 Å². The molecular formula is C14H19Cl2N3O. The van der Waals surface area contributed by atoms with Crippen molar-refractivity contribution in [3.63, 3.8) is 0 Å². The fourth-order valence-corrected chi connectivity index (χ4v) is 1.85. The smallest absolute Gasteiger partial charge is 0.236 e. The van der Waals surface area contributed by atoms with Gasteiger partial charge in [-0.2, -0.15) is 0 Å². The average molecular weight is 316 g/mol. The molecular weight excluding hydrogens is 297 g/mol. The predicted molar refractivity (Wildman–Crippen MR) is 86.6 cm³/mol.